The number of amides is 1. The second kappa shape index (κ2) is 8.87. The van der Waals surface area contributed by atoms with Gasteiger partial charge in [-0.2, -0.15) is 0 Å². The predicted molar refractivity (Wildman–Crippen MR) is 122 cm³/mol. The number of aromatic nitrogens is 1. The Hall–Kier alpha value is -3.98. The number of carbonyl (C=O) groups excluding carboxylic acids is 3. The number of carbonyl (C=O) groups is 3. The maximum atomic E-state index is 13.2. The van der Waals surface area contributed by atoms with E-state index in [0.717, 1.165) is 11.3 Å². The number of hydrogen-bond acceptors (Lipinski definition) is 8. The van der Waals surface area contributed by atoms with Crippen LogP contribution in [0.25, 0.3) is 5.76 Å². The summed E-state index contributed by atoms with van der Waals surface area (Å²) >= 11 is 0.952. The Morgan fingerprint density at radius 3 is 2.48 bits per heavy atom. The molecular weight excluding hydrogens is 444 g/mol. The third-order valence-corrected chi connectivity index (χ3v) is 6.40. The van der Waals surface area contributed by atoms with Gasteiger partial charge in [0, 0.05) is 5.56 Å². The highest BCUT2D eigenvalue weighted by molar-refractivity contribution is 7.17. The number of methoxy groups -OCH3 is 2. The van der Waals surface area contributed by atoms with E-state index in [0.29, 0.717) is 22.6 Å². The fourth-order valence-electron chi connectivity index (χ4n) is 3.67. The molecule has 0 spiro atoms. The topological polar surface area (TPSA) is 106 Å². The Bertz CT molecular complexity index is 1280. The van der Waals surface area contributed by atoms with Crippen molar-refractivity contribution in [3.63, 3.8) is 0 Å². The third kappa shape index (κ3) is 3.87. The van der Waals surface area contributed by atoms with Crippen LogP contribution in [0.2, 0.25) is 0 Å². The second-order valence-electron chi connectivity index (χ2n) is 7.21. The Labute approximate surface area is 193 Å². The molecule has 3 aromatic rings. The first-order chi connectivity index (χ1) is 15.9. The van der Waals surface area contributed by atoms with Crippen LogP contribution >= 0.6 is 11.3 Å². The highest BCUT2D eigenvalue weighted by Gasteiger charge is 2.48. The molecule has 1 fully saturated rings. The number of hydrogen-bond donors (Lipinski definition) is 1. The standard InChI is InChI=1S/C24H20N2O6S/c1-13-21(23(30)32-3)33-24(25-13)26-18(14-8-5-4-6-9-14)17(20(28)22(26)29)19(27)15-10-7-11-16(12-15)31-2/h4-12,18,27H,1-3H3/t18-/m0/s1. The summed E-state index contributed by atoms with van der Waals surface area (Å²) in [5, 5.41) is 11.3. The van der Waals surface area contributed by atoms with Gasteiger partial charge in [-0.1, -0.05) is 53.8 Å². The maximum absolute atomic E-state index is 13.2. The van der Waals surface area contributed by atoms with Crippen LogP contribution in [0.4, 0.5) is 5.13 Å². The maximum Gasteiger partial charge on any atom is 0.350 e. The number of ketones is 1. The van der Waals surface area contributed by atoms with Gasteiger partial charge in [0.05, 0.1) is 31.5 Å². The van der Waals surface area contributed by atoms with Crippen molar-refractivity contribution in [2.24, 2.45) is 0 Å². The smallest absolute Gasteiger partial charge is 0.350 e. The third-order valence-electron chi connectivity index (χ3n) is 5.27. The minimum atomic E-state index is -0.937. The van der Waals surface area contributed by atoms with Crippen LogP contribution in [0.5, 0.6) is 5.75 Å². The van der Waals surface area contributed by atoms with Crippen LogP contribution in [0.15, 0.2) is 60.2 Å². The Morgan fingerprint density at radius 1 is 1.09 bits per heavy atom. The molecule has 168 valence electrons. The minimum absolute atomic E-state index is 0.0769. The van der Waals surface area contributed by atoms with Crippen molar-refractivity contribution in [1.82, 2.24) is 4.98 Å². The molecule has 1 aliphatic rings. The lowest BCUT2D eigenvalue weighted by atomic mass is 9.95. The molecule has 0 unspecified atom stereocenters. The van der Waals surface area contributed by atoms with Crippen molar-refractivity contribution in [2.45, 2.75) is 13.0 Å². The Morgan fingerprint density at radius 2 is 1.82 bits per heavy atom. The second-order valence-corrected chi connectivity index (χ2v) is 8.19. The zero-order chi connectivity index (χ0) is 23.7. The number of rotatable bonds is 5. The molecule has 1 aliphatic heterocycles. The van der Waals surface area contributed by atoms with Crippen LogP contribution in [-0.4, -0.2) is 42.0 Å². The molecule has 2 heterocycles. The van der Waals surface area contributed by atoms with Crippen LogP contribution in [0.1, 0.15) is 32.5 Å². The largest absolute Gasteiger partial charge is 0.507 e. The van der Waals surface area contributed by atoms with E-state index in [9.17, 15) is 19.5 Å². The molecule has 1 amide bonds. The fraction of sp³-hybridized carbons (Fsp3) is 0.167. The van der Waals surface area contributed by atoms with Gasteiger partial charge in [-0.15, -0.1) is 0 Å². The van der Waals surface area contributed by atoms with Crippen molar-refractivity contribution in [2.75, 3.05) is 19.1 Å². The summed E-state index contributed by atoms with van der Waals surface area (Å²) in [7, 11) is 2.75. The lowest BCUT2D eigenvalue weighted by Crippen LogP contribution is -2.29. The summed E-state index contributed by atoms with van der Waals surface area (Å²) in [5.41, 5.74) is 1.24. The van der Waals surface area contributed by atoms with Gasteiger partial charge in [-0.3, -0.25) is 14.5 Å². The normalized spacial score (nSPS) is 17.3. The molecule has 1 N–H and O–H groups in total. The summed E-state index contributed by atoms with van der Waals surface area (Å²) in [6.45, 7) is 1.62. The average Bonchev–Trinajstić information content (AvgIpc) is 3.35. The van der Waals surface area contributed by atoms with Gasteiger partial charge < -0.3 is 14.6 Å². The Balaban J connectivity index is 1.92. The fourth-order valence-corrected chi connectivity index (χ4v) is 4.69. The number of aliphatic hydroxyl groups excluding tert-OH is 1. The molecule has 0 aliphatic carbocycles. The first kappa shape index (κ1) is 22.2. The number of aliphatic hydroxyl groups is 1. The van der Waals surface area contributed by atoms with Crippen molar-refractivity contribution in [1.29, 1.82) is 0 Å². The van der Waals surface area contributed by atoms with Gasteiger partial charge in [-0.25, -0.2) is 9.78 Å². The lowest BCUT2D eigenvalue weighted by molar-refractivity contribution is -0.132. The molecular formula is C24H20N2O6S. The quantitative estimate of drug-likeness (QED) is 0.264. The number of anilines is 1. The van der Waals surface area contributed by atoms with Crippen LogP contribution in [0, 0.1) is 6.92 Å². The molecule has 4 rings (SSSR count). The van der Waals surface area contributed by atoms with E-state index in [1.807, 2.05) is 0 Å². The Kier molecular flexibility index (Phi) is 5.97. The van der Waals surface area contributed by atoms with Gasteiger partial charge >= 0.3 is 11.9 Å². The van der Waals surface area contributed by atoms with Crippen LogP contribution in [-0.2, 0) is 14.3 Å². The lowest BCUT2D eigenvalue weighted by Gasteiger charge is -2.23. The first-order valence-corrected chi connectivity index (χ1v) is 10.7. The molecule has 0 radical (unpaired) electrons. The van der Waals surface area contributed by atoms with Gasteiger partial charge in [0.1, 0.15) is 16.4 Å². The molecule has 0 saturated carbocycles. The van der Waals surface area contributed by atoms with Gasteiger partial charge in [0.15, 0.2) is 5.13 Å². The first-order valence-electron chi connectivity index (χ1n) is 9.93. The predicted octanol–water partition coefficient (Wildman–Crippen LogP) is 3.87. The van der Waals surface area contributed by atoms with Crippen molar-refractivity contribution in [3.05, 3.63) is 81.9 Å². The number of Topliss-reactive ketones (excluding diaryl/α,β-unsaturated/α-hetero) is 1. The molecule has 33 heavy (non-hydrogen) atoms. The molecule has 9 heteroatoms. The molecule has 1 saturated heterocycles. The SMILES string of the molecule is COC(=O)c1sc(N2C(=O)C(=O)C(=C(O)c3cccc(OC)c3)[C@@H]2c2ccccc2)nc1C. The molecule has 2 aromatic carbocycles. The van der Waals surface area contributed by atoms with Gasteiger partial charge in [-0.05, 0) is 24.6 Å². The van der Waals surface area contributed by atoms with Gasteiger partial charge in [0.25, 0.3) is 5.78 Å². The average molecular weight is 464 g/mol. The zero-order valence-corrected chi connectivity index (χ0v) is 18.9. The number of thiazole rings is 1. The minimum Gasteiger partial charge on any atom is -0.507 e. The molecule has 8 nitrogen and oxygen atoms in total. The summed E-state index contributed by atoms with van der Waals surface area (Å²) in [6, 6.07) is 14.5. The van der Waals surface area contributed by atoms with E-state index in [2.05, 4.69) is 4.98 Å². The summed E-state index contributed by atoms with van der Waals surface area (Å²) < 4.78 is 10.0. The highest BCUT2D eigenvalue weighted by Crippen LogP contribution is 2.44. The molecule has 0 bridgehead atoms. The summed E-state index contributed by atoms with van der Waals surface area (Å²) in [4.78, 5) is 44.2. The summed E-state index contributed by atoms with van der Waals surface area (Å²) in [6.07, 6.45) is 0. The van der Waals surface area contributed by atoms with Crippen molar-refractivity contribution in [3.8, 4) is 5.75 Å². The van der Waals surface area contributed by atoms with E-state index in [4.69, 9.17) is 9.47 Å². The van der Waals surface area contributed by atoms with Crippen molar-refractivity contribution < 1.29 is 29.0 Å². The van der Waals surface area contributed by atoms with E-state index in [-0.39, 0.29) is 21.3 Å². The molecule has 1 aromatic heterocycles. The van der Waals surface area contributed by atoms with Gasteiger partial charge in [0.2, 0.25) is 0 Å². The number of esters is 1. The highest BCUT2D eigenvalue weighted by atomic mass is 32.1. The van der Waals surface area contributed by atoms with E-state index < -0.39 is 23.7 Å². The zero-order valence-electron chi connectivity index (χ0n) is 18.1. The molecule has 1 atom stereocenters. The monoisotopic (exact) mass is 464 g/mol. The number of nitrogens with zero attached hydrogens (tertiary/aromatic N) is 2. The summed E-state index contributed by atoms with van der Waals surface area (Å²) in [5.74, 6) is -2.12. The van der Waals surface area contributed by atoms with E-state index >= 15 is 0 Å². The van der Waals surface area contributed by atoms with E-state index in [1.54, 1.807) is 61.5 Å². The number of aryl methyl sites for hydroxylation is 1. The van der Waals surface area contributed by atoms with E-state index in [1.165, 1.54) is 19.1 Å². The van der Waals surface area contributed by atoms with Crippen molar-refractivity contribution >= 4 is 39.9 Å². The number of ether oxygens (including phenoxy) is 2. The van der Waals surface area contributed by atoms with Crippen LogP contribution < -0.4 is 9.64 Å². The van der Waals surface area contributed by atoms with Crippen LogP contribution in [0.3, 0.4) is 0 Å². The number of benzene rings is 2.